The lowest BCUT2D eigenvalue weighted by Gasteiger charge is -2.11. The highest BCUT2D eigenvalue weighted by Crippen LogP contribution is 2.27. The third-order valence-corrected chi connectivity index (χ3v) is 6.16. The molecule has 0 aliphatic carbocycles. The van der Waals surface area contributed by atoms with Gasteiger partial charge in [0.1, 0.15) is 0 Å². The summed E-state index contributed by atoms with van der Waals surface area (Å²) in [5.41, 5.74) is 1.10. The van der Waals surface area contributed by atoms with Crippen molar-refractivity contribution in [2.45, 2.75) is 6.92 Å². The first kappa shape index (κ1) is 12.3. The Hall–Kier alpha value is 1.27. The van der Waals surface area contributed by atoms with Gasteiger partial charge in [-0.1, -0.05) is 31.9 Å². The Kier molecular flexibility index (Phi) is 4.19. The maximum atomic E-state index is 5.88. The fourth-order valence-electron chi connectivity index (χ4n) is 0.809. The second kappa shape index (κ2) is 4.41. The Morgan fingerprint density at radius 1 is 1.08 bits per heavy atom. The molecule has 0 N–H and O–H groups in total. The van der Waals surface area contributed by atoms with Gasteiger partial charge in [0.05, 0.1) is 0 Å². The molecule has 1 aromatic rings. The number of rotatable bonds is 1. The molecule has 0 radical (unpaired) electrons. The summed E-state index contributed by atoms with van der Waals surface area (Å²) < 4.78 is 1.91. The highest BCUT2D eigenvalue weighted by atomic mass is 79.9. The van der Waals surface area contributed by atoms with Gasteiger partial charge in [-0.3, -0.25) is 0 Å². The van der Waals surface area contributed by atoms with Gasteiger partial charge in [0, 0.05) is 8.95 Å². The van der Waals surface area contributed by atoms with E-state index in [1.54, 1.807) is 0 Å². The lowest BCUT2D eigenvalue weighted by atomic mass is 10.2. The van der Waals surface area contributed by atoms with Crippen LogP contribution < -0.4 is 5.19 Å². The molecule has 72 valence electrons. The molecule has 0 fully saturated rings. The van der Waals surface area contributed by atoms with Crippen LogP contribution in [-0.4, -0.2) is 6.00 Å². The van der Waals surface area contributed by atoms with Crippen LogP contribution in [0.5, 0.6) is 0 Å². The van der Waals surface area contributed by atoms with E-state index < -0.39 is 6.00 Å². The third kappa shape index (κ3) is 3.11. The highest BCUT2D eigenvalue weighted by Gasteiger charge is 2.29. The van der Waals surface area contributed by atoms with Crippen molar-refractivity contribution in [1.29, 1.82) is 0 Å². The van der Waals surface area contributed by atoms with Crippen LogP contribution >= 0.6 is 65.1 Å². The average Bonchev–Trinajstić information content (AvgIpc) is 1.97. The summed E-state index contributed by atoms with van der Waals surface area (Å²) in [6, 6.07) is 0.959. The SMILES string of the molecule is Cc1c(Br)cc([Si](Cl)(Cl)Cl)cc1Br. The van der Waals surface area contributed by atoms with Gasteiger partial charge in [0.2, 0.25) is 0 Å². The van der Waals surface area contributed by atoms with E-state index in [9.17, 15) is 0 Å². The monoisotopic (exact) mass is 380 g/mol. The van der Waals surface area contributed by atoms with Crippen molar-refractivity contribution >= 4 is 76.3 Å². The summed E-state index contributed by atoms with van der Waals surface area (Å²) in [6.07, 6.45) is 0. The standard InChI is InChI=1S/C7H5Br2Cl3Si/c1-4-6(8)2-5(3-7(4)9)13(10,11)12/h2-3H,1H3. The molecular formula is C7H5Br2Cl3Si. The molecule has 0 aliphatic heterocycles. The van der Waals surface area contributed by atoms with Gasteiger partial charge in [-0.2, -0.15) is 0 Å². The van der Waals surface area contributed by atoms with E-state index in [0.29, 0.717) is 0 Å². The predicted octanol–water partition coefficient (Wildman–Crippen LogP) is 4.38. The summed E-state index contributed by atoms with van der Waals surface area (Å²) in [4.78, 5) is 0. The average molecular weight is 383 g/mol. The maximum absolute atomic E-state index is 5.88. The summed E-state index contributed by atoms with van der Waals surface area (Å²) in [7, 11) is 0. The molecule has 6 heteroatoms. The summed E-state index contributed by atoms with van der Waals surface area (Å²) in [5, 5.41) is 0.779. The van der Waals surface area contributed by atoms with Crippen LogP contribution in [0.2, 0.25) is 0 Å². The first-order valence-electron chi connectivity index (χ1n) is 3.35. The third-order valence-electron chi connectivity index (χ3n) is 1.61. The van der Waals surface area contributed by atoms with E-state index in [1.165, 1.54) is 0 Å². The molecule has 0 aromatic heterocycles. The maximum Gasteiger partial charge on any atom is 0.372 e. The second-order valence-electron chi connectivity index (χ2n) is 2.56. The quantitative estimate of drug-likeness (QED) is 0.499. The second-order valence-corrected chi connectivity index (χ2v) is 12.7. The molecule has 0 spiro atoms. The van der Waals surface area contributed by atoms with Crippen LogP contribution in [0.4, 0.5) is 0 Å². The molecule has 0 saturated heterocycles. The Morgan fingerprint density at radius 2 is 1.46 bits per heavy atom. The Bertz CT molecular complexity index is 312. The van der Waals surface area contributed by atoms with Gasteiger partial charge >= 0.3 is 6.00 Å². The number of hydrogen-bond donors (Lipinski definition) is 0. The molecule has 1 rings (SSSR count). The van der Waals surface area contributed by atoms with E-state index in [2.05, 4.69) is 31.9 Å². The first-order valence-corrected chi connectivity index (χ1v) is 9.97. The van der Waals surface area contributed by atoms with Crippen LogP contribution in [0.3, 0.4) is 0 Å². The van der Waals surface area contributed by atoms with Gasteiger partial charge in [0.25, 0.3) is 0 Å². The minimum absolute atomic E-state index is 0.779. The zero-order valence-electron chi connectivity index (χ0n) is 6.54. The molecule has 1 aromatic carbocycles. The number of halogens is 5. The zero-order valence-corrected chi connectivity index (χ0v) is 13.0. The van der Waals surface area contributed by atoms with E-state index >= 15 is 0 Å². The van der Waals surface area contributed by atoms with E-state index in [4.69, 9.17) is 33.2 Å². The van der Waals surface area contributed by atoms with Gasteiger partial charge in [-0.05, 0) is 29.8 Å². The lowest BCUT2D eigenvalue weighted by Crippen LogP contribution is -2.30. The molecule has 0 heterocycles. The summed E-state index contributed by atoms with van der Waals surface area (Å²) in [5.74, 6) is 0. The molecular weight excluding hydrogens is 378 g/mol. The predicted molar refractivity (Wildman–Crippen MR) is 69.5 cm³/mol. The van der Waals surface area contributed by atoms with E-state index in [0.717, 1.165) is 19.7 Å². The van der Waals surface area contributed by atoms with Gasteiger partial charge in [-0.15, -0.1) is 33.2 Å². The van der Waals surface area contributed by atoms with Gasteiger partial charge in [0.15, 0.2) is 0 Å². The van der Waals surface area contributed by atoms with Crippen molar-refractivity contribution < 1.29 is 0 Å². The van der Waals surface area contributed by atoms with Crippen molar-refractivity contribution in [3.63, 3.8) is 0 Å². The largest absolute Gasteiger partial charge is 0.372 e. The van der Waals surface area contributed by atoms with Gasteiger partial charge in [-0.25, -0.2) is 0 Å². The van der Waals surface area contributed by atoms with Gasteiger partial charge < -0.3 is 0 Å². The molecule has 0 aliphatic rings. The normalized spacial score (nSPS) is 11.8. The highest BCUT2D eigenvalue weighted by molar-refractivity contribution is 9.11. The van der Waals surface area contributed by atoms with E-state index in [1.807, 2.05) is 19.1 Å². The Labute approximate surface area is 109 Å². The lowest BCUT2D eigenvalue weighted by molar-refractivity contribution is 1.41. The Balaban J connectivity index is 3.29. The van der Waals surface area contributed by atoms with Crippen LogP contribution in [0, 0.1) is 6.92 Å². The fourth-order valence-corrected chi connectivity index (χ4v) is 4.02. The molecule has 0 amide bonds. The van der Waals surface area contributed by atoms with Crippen LogP contribution in [0.15, 0.2) is 21.1 Å². The molecule has 0 saturated carbocycles. The molecule has 0 bridgehead atoms. The van der Waals surface area contributed by atoms with Crippen molar-refractivity contribution in [1.82, 2.24) is 0 Å². The first-order chi connectivity index (χ1) is 5.82. The molecule has 13 heavy (non-hydrogen) atoms. The van der Waals surface area contributed by atoms with Crippen LogP contribution in [-0.2, 0) is 0 Å². The zero-order chi connectivity index (χ0) is 10.2. The Morgan fingerprint density at radius 3 is 1.77 bits per heavy atom. The van der Waals surface area contributed by atoms with Crippen molar-refractivity contribution in [3.05, 3.63) is 26.6 Å². The van der Waals surface area contributed by atoms with Crippen molar-refractivity contribution in [2.24, 2.45) is 0 Å². The minimum Gasteiger partial charge on any atom is -0.121 e. The topological polar surface area (TPSA) is 0 Å². The smallest absolute Gasteiger partial charge is 0.121 e. The van der Waals surface area contributed by atoms with Crippen molar-refractivity contribution in [3.8, 4) is 0 Å². The minimum atomic E-state index is -2.76. The molecule has 0 atom stereocenters. The molecule has 0 unspecified atom stereocenters. The van der Waals surface area contributed by atoms with E-state index in [-0.39, 0.29) is 0 Å². The number of benzene rings is 1. The van der Waals surface area contributed by atoms with Crippen LogP contribution in [0.25, 0.3) is 0 Å². The summed E-state index contributed by atoms with van der Waals surface area (Å²) >= 11 is 24.5. The molecule has 0 nitrogen and oxygen atoms in total. The van der Waals surface area contributed by atoms with Crippen molar-refractivity contribution in [2.75, 3.05) is 0 Å². The fraction of sp³-hybridized carbons (Fsp3) is 0.143. The number of hydrogen-bond acceptors (Lipinski definition) is 0. The van der Waals surface area contributed by atoms with Crippen LogP contribution in [0.1, 0.15) is 5.56 Å². The summed E-state index contributed by atoms with van der Waals surface area (Å²) in [6.45, 7) is 1.98.